The minimum Gasteiger partial charge on any atom is -0.504 e. The van der Waals surface area contributed by atoms with Gasteiger partial charge in [0, 0.05) is 24.8 Å². The number of rotatable bonds is 0. The molecule has 5 nitrogen and oxygen atoms in total. The van der Waals surface area contributed by atoms with Gasteiger partial charge in [0.1, 0.15) is 27.1 Å². The van der Waals surface area contributed by atoms with E-state index in [0.29, 0.717) is 22.1 Å². The third-order valence-corrected chi connectivity index (χ3v) is 2.62. The summed E-state index contributed by atoms with van der Waals surface area (Å²) < 4.78 is 0. The van der Waals surface area contributed by atoms with Gasteiger partial charge < -0.3 is 5.11 Å². The Morgan fingerprint density at radius 1 is 0.750 bits per heavy atom. The molecule has 1 aromatic carbocycles. The van der Waals surface area contributed by atoms with E-state index in [1.165, 1.54) is 18.6 Å². The first kappa shape index (κ1) is 9.23. The second-order valence-electron chi connectivity index (χ2n) is 3.17. The fourth-order valence-electron chi connectivity index (χ4n) is 1.57. The molecule has 0 aliphatic heterocycles. The second kappa shape index (κ2) is 3.24. The van der Waals surface area contributed by atoms with Crippen molar-refractivity contribution in [3.8, 4) is 5.75 Å². The number of hydrogen-bond acceptors (Lipinski definition) is 5. The van der Waals surface area contributed by atoms with Gasteiger partial charge in [0.25, 0.3) is 0 Å². The van der Waals surface area contributed by atoms with Crippen LogP contribution in [0.4, 0.5) is 0 Å². The summed E-state index contributed by atoms with van der Waals surface area (Å²) in [5, 5.41) is 10.0. The molecule has 1 N–H and O–H groups in total. The van der Waals surface area contributed by atoms with Crippen molar-refractivity contribution in [3.05, 3.63) is 29.8 Å². The zero-order chi connectivity index (χ0) is 11.1. The molecule has 0 fully saturated rings. The topological polar surface area (TPSA) is 71.8 Å². The predicted molar refractivity (Wildman–Crippen MR) is 59.3 cm³/mol. The van der Waals surface area contributed by atoms with E-state index in [1.54, 1.807) is 6.20 Å². The van der Waals surface area contributed by atoms with Crippen LogP contribution in [0.3, 0.4) is 0 Å². The molecule has 2 heterocycles. The van der Waals surface area contributed by atoms with Crippen molar-refractivity contribution in [1.82, 2.24) is 19.9 Å². The van der Waals surface area contributed by atoms with Gasteiger partial charge in [-0.05, 0) is 0 Å². The fourth-order valence-corrected chi connectivity index (χ4v) is 1.80. The molecule has 16 heavy (non-hydrogen) atoms. The van der Waals surface area contributed by atoms with Gasteiger partial charge in [0.2, 0.25) is 0 Å². The monoisotopic (exact) mass is 232 g/mol. The van der Waals surface area contributed by atoms with E-state index in [0.717, 1.165) is 0 Å². The maximum absolute atomic E-state index is 9.85. The molecule has 0 radical (unpaired) electrons. The Bertz CT molecular complexity index is 640. The Morgan fingerprint density at radius 3 is 1.81 bits per heavy atom. The number of phenolic OH excluding ortho intramolecular Hbond substituents is 1. The van der Waals surface area contributed by atoms with Crippen molar-refractivity contribution in [3.63, 3.8) is 0 Å². The zero-order valence-electron chi connectivity index (χ0n) is 7.92. The van der Waals surface area contributed by atoms with E-state index in [9.17, 15) is 5.11 Å². The first-order chi connectivity index (χ1) is 7.79. The highest BCUT2D eigenvalue weighted by Crippen LogP contribution is 2.36. The lowest BCUT2D eigenvalue weighted by Gasteiger charge is -2.05. The number of halogens is 1. The molecule has 0 unspecified atom stereocenters. The molecule has 0 aliphatic rings. The summed E-state index contributed by atoms with van der Waals surface area (Å²) in [6.07, 6.45) is 6.07. The van der Waals surface area contributed by atoms with Gasteiger partial charge in [-0.1, -0.05) is 11.6 Å². The quantitative estimate of drug-likeness (QED) is 0.600. The normalized spacial score (nSPS) is 11.1. The molecule has 3 aromatic rings. The summed E-state index contributed by atoms with van der Waals surface area (Å²) in [7, 11) is 0. The predicted octanol–water partition coefficient (Wildman–Crippen LogP) is 1.93. The molecule has 0 amide bonds. The summed E-state index contributed by atoms with van der Waals surface area (Å²) in [4.78, 5) is 16.4. The van der Waals surface area contributed by atoms with Gasteiger partial charge in [0.05, 0.1) is 0 Å². The van der Waals surface area contributed by atoms with Gasteiger partial charge >= 0.3 is 0 Å². The third-order valence-electron chi connectivity index (χ3n) is 2.26. The number of phenols is 1. The molecule has 3 rings (SSSR count). The molecular formula is C10H5ClN4O. The molecule has 0 atom stereocenters. The first-order valence-corrected chi connectivity index (χ1v) is 4.88. The summed E-state index contributed by atoms with van der Waals surface area (Å²) in [6.45, 7) is 0. The Hall–Kier alpha value is -2.01. The van der Waals surface area contributed by atoms with Gasteiger partial charge in [-0.25, -0.2) is 4.98 Å². The number of benzene rings is 1. The summed E-state index contributed by atoms with van der Waals surface area (Å²) >= 11 is 5.98. The molecule has 0 aliphatic carbocycles. The molecule has 78 valence electrons. The fraction of sp³-hybridized carbons (Fsp3) is 0. The van der Waals surface area contributed by atoms with Crippen LogP contribution in [0.5, 0.6) is 5.75 Å². The number of aromatic hydroxyl groups is 1. The number of fused-ring (bicyclic) bond motifs is 3. The van der Waals surface area contributed by atoms with E-state index in [-0.39, 0.29) is 10.8 Å². The molecular weight excluding hydrogens is 228 g/mol. The SMILES string of the molecule is Oc1c(Cl)c2nccnc2c2nccnc12. The smallest absolute Gasteiger partial charge is 0.164 e. The number of hydrogen-bond donors (Lipinski definition) is 1. The van der Waals surface area contributed by atoms with Crippen molar-refractivity contribution in [2.75, 3.05) is 0 Å². The largest absolute Gasteiger partial charge is 0.504 e. The average Bonchev–Trinajstić information content (AvgIpc) is 2.36. The Morgan fingerprint density at radius 2 is 1.19 bits per heavy atom. The second-order valence-corrected chi connectivity index (χ2v) is 3.55. The standard InChI is InChI=1S/C10H5ClN4O/c11-5-6-7(13-2-1-12-6)8-9(10(5)16)15-4-3-14-8/h1-4,16H. The highest BCUT2D eigenvalue weighted by molar-refractivity contribution is 6.38. The van der Waals surface area contributed by atoms with Crippen LogP contribution in [0.1, 0.15) is 0 Å². The van der Waals surface area contributed by atoms with Crippen molar-refractivity contribution >= 4 is 33.7 Å². The highest BCUT2D eigenvalue weighted by atomic mass is 35.5. The lowest BCUT2D eigenvalue weighted by atomic mass is 10.2. The van der Waals surface area contributed by atoms with Crippen LogP contribution < -0.4 is 0 Å². The van der Waals surface area contributed by atoms with Crippen LogP contribution >= 0.6 is 11.6 Å². The molecule has 6 heteroatoms. The van der Waals surface area contributed by atoms with E-state index in [1.807, 2.05) is 0 Å². The third kappa shape index (κ3) is 1.12. The van der Waals surface area contributed by atoms with E-state index in [2.05, 4.69) is 19.9 Å². The molecule has 2 aromatic heterocycles. The summed E-state index contributed by atoms with van der Waals surface area (Å²) in [6, 6.07) is 0. The minimum absolute atomic E-state index is 0.113. The molecule has 0 saturated heterocycles. The molecule has 0 bridgehead atoms. The summed E-state index contributed by atoms with van der Waals surface area (Å²) in [5.74, 6) is -0.113. The minimum atomic E-state index is -0.113. The van der Waals surface area contributed by atoms with Gasteiger partial charge in [-0.3, -0.25) is 15.0 Å². The molecule has 0 saturated carbocycles. The highest BCUT2D eigenvalue weighted by Gasteiger charge is 2.15. The Kier molecular flexibility index (Phi) is 1.87. The van der Waals surface area contributed by atoms with Crippen molar-refractivity contribution in [1.29, 1.82) is 0 Å². The van der Waals surface area contributed by atoms with Gasteiger partial charge in [-0.2, -0.15) is 0 Å². The van der Waals surface area contributed by atoms with Crippen molar-refractivity contribution in [2.24, 2.45) is 0 Å². The lowest BCUT2D eigenvalue weighted by Crippen LogP contribution is -1.91. The van der Waals surface area contributed by atoms with Crippen LogP contribution in [0.25, 0.3) is 22.1 Å². The van der Waals surface area contributed by atoms with Crippen LogP contribution in [-0.4, -0.2) is 25.0 Å². The van der Waals surface area contributed by atoms with Crippen LogP contribution in [0.15, 0.2) is 24.8 Å². The zero-order valence-corrected chi connectivity index (χ0v) is 8.68. The van der Waals surface area contributed by atoms with Crippen molar-refractivity contribution in [2.45, 2.75) is 0 Å². The van der Waals surface area contributed by atoms with Crippen molar-refractivity contribution < 1.29 is 5.11 Å². The molecule has 0 spiro atoms. The van der Waals surface area contributed by atoms with E-state index < -0.39 is 0 Å². The lowest BCUT2D eigenvalue weighted by molar-refractivity contribution is 0.481. The maximum Gasteiger partial charge on any atom is 0.164 e. The average molecular weight is 233 g/mol. The van der Waals surface area contributed by atoms with E-state index >= 15 is 0 Å². The number of nitrogens with zero attached hydrogens (tertiary/aromatic N) is 4. The van der Waals surface area contributed by atoms with E-state index in [4.69, 9.17) is 11.6 Å². The first-order valence-electron chi connectivity index (χ1n) is 4.51. The maximum atomic E-state index is 9.85. The van der Waals surface area contributed by atoms with Gasteiger partial charge in [0.15, 0.2) is 5.75 Å². The Labute approximate surface area is 94.8 Å². The Balaban J connectivity index is 2.69. The van der Waals surface area contributed by atoms with Crippen LogP contribution in [0, 0.1) is 0 Å². The van der Waals surface area contributed by atoms with Crippen LogP contribution in [-0.2, 0) is 0 Å². The van der Waals surface area contributed by atoms with Gasteiger partial charge in [-0.15, -0.1) is 0 Å². The summed E-state index contributed by atoms with van der Waals surface area (Å²) in [5.41, 5.74) is 1.79. The van der Waals surface area contributed by atoms with Crippen LogP contribution in [0.2, 0.25) is 5.02 Å². The number of aromatic nitrogens is 4.